The lowest BCUT2D eigenvalue weighted by Crippen LogP contribution is -2.11. The SMILES string of the molecule is C=C[C@H]1CC[C@H](c2ccc(C#CC=CC#N)cc2)CC1. The standard InChI is InChI=1S/C19H19N/c1-2-16-7-11-18(12-8-16)19-13-9-17(10-14-19)6-4-3-5-15-20/h2-3,5,9-10,13-14,16,18H,1,7-8,11-12H2/t16-,18-. The van der Waals surface area contributed by atoms with Gasteiger partial charge in [-0.1, -0.05) is 30.0 Å². The summed E-state index contributed by atoms with van der Waals surface area (Å²) in [5.74, 6) is 7.27. The second-order valence-electron chi connectivity index (χ2n) is 5.20. The van der Waals surface area contributed by atoms with Crippen molar-refractivity contribution in [1.82, 2.24) is 0 Å². The molecule has 100 valence electrons. The first kappa shape index (κ1) is 14.2. The molecule has 0 unspecified atom stereocenters. The van der Waals surface area contributed by atoms with Crippen LogP contribution in [0.2, 0.25) is 0 Å². The van der Waals surface area contributed by atoms with Crippen LogP contribution < -0.4 is 0 Å². The van der Waals surface area contributed by atoms with Gasteiger partial charge in [-0.25, -0.2) is 0 Å². The summed E-state index contributed by atoms with van der Waals surface area (Å²) in [4.78, 5) is 0. The van der Waals surface area contributed by atoms with Crippen LogP contribution >= 0.6 is 0 Å². The fourth-order valence-electron chi connectivity index (χ4n) is 2.73. The van der Waals surface area contributed by atoms with Crippen molar-refractivity contribution in [2.75, 3.05) is 0 Å². The van der Waals surface area contributed by atoms with E-state index in [0.29, 0.717) is 11.8 Å². The Hall–Kier alpha value is -2.25. The number of allylic oxidation sites excluding steroid dienone is 3. The number of nitrogens with zero attached hydrogens (tertiary/aromatic N) is 1. The molecular weight excluding hydrogens is 242 g/mol. The molecule has 0 heterocycles. The highest BCUT2D eigenvalue weighted by Gasteiger charge is 2.20. The van der Waals surface area contributed by atoms with Gasteiger partial charge in [0.2, 0.25) is 0 Å². The monoisotopic (exact) mass is 261 g/mol. The highest BCUT2D eigenvalue weighted by molar-refractivity contribution is 5.39. The second kappa shape index (κ2) is 7.37. The van der Waals surface area contributed by atoms with Gasteiger partial charge in [0, 0.05) is 11.6 Å². The van der Waals surface area contributed by atoms with Crippen molar-refractivity contribution in [1.29, 1.82) is 5.26 Å². The van der Waals surface area contributed by atoms with E-state index in [1.54, 1.807) is 6.08 Å². The predicted octanol–water partition coefficient (Wildman–Crippen LogP) is 4.58. The summed E-state index contributed by atoms with van der Waals surface area (Å²) in [5, 5.41) is 8.37. The number of nitriles is 1. The number of rotatable bonds is 2. The Morgan fingerprint density at radius 1 is 1.05 bits per heavy atom. The summed E-state index contributed by atoms with van der Waals surface area (Å²) >= 11 is 0. The highest BCUT2D eigenvalue weighted by atomic mass is 14.2. The fourth-order valence-corrected chi connectivity index (χ4v) is 2.73. The third kappa shape index (κ3) is 3.87. The lowest BCUT2D eigenvalue weighted by molar-refractivity contribution is 0.376. The Labute approximate surface area is 121 Å². The Kier molecular flexibility index (Phi) is 5.22. The van der Waals surface area contributed by atoms with Crippen molar-refractivity contribution < 1.29 is 0 Å². The van der Waals surface area contributed by atoms with Gasteiger partial charge in [-0.05, 0) is 61.3 Å². The number of benzene rings is 1. The van der Waals surface area contributed by atoms with Gasteiger partial charge in [0.15, 0.2) is 0 Å². The summed E-state index contributed by atoms with van der Waals surface area (Å²) in [6.07, 6.45) is 10.1. The van der Waals surface area contributed by atoms with Crippen molar-refractivity contribution in [3.8, 4) is 17.9 Å². The summed E-state index contributed by atoms with van der Waals surface area (Å²) in [6.45, 7) is 3.89. The molecule has 0 aromatic heterocycles. The lowest BCUT2D eigenvalue weighted by atomic mass is 9.79. The van der Waals surface area contributed by atoms with Gasteiger partial charge in [0.25, 0.3) is 0 Å². The molecule has 1 aliphatic rings. The molecule has 1 nitrogen and oxygen atoms in total. The average Bonchev–Trinajstić information content (AvgIpc) is 2.52. The maximum Gasteiger partial charge on any atom is 0.0918 e. The van der Waals surface area contributed by atoms with Crippen LogP contribution in [0, 0.1) is 29.1 Å². The van der Waals surface area contributed by atoms with E-state index in [4.69, 9.17) is 5.26 Å². The molecule has 2 rings (SSSR count). The van der Waals surface area contributed by atoms with E-state index in [1.807, 2.05) is 6.07 Å². The molecule has 0 radical (unpaired) electrons. The van der Waals surface area contributed by atoms with Crippen LogP contribution in [-0.2, 0) is 0 Å². The van der Waals surface area contributed by atoms with E-state index in [0.717, 1.165) is 5.56 Å². The molecule has 0 bridgehead atoms. The highest BCUT2D eigenvalue weighted by Crippen LogP contribution is 2.36. The van der Waals surface area contributed by atoms with Gasteiger partial charge >= 0.3 is 0 Å². The Morgan fingerprint density at radius 2 is 1.75 bits per heavy atom. The average molecular weight is 261 g/mol. The minimum Gasteiger partial charge on any atom is -0.193 e. The number of hydrogen-bond acceptors (Lipinski definition) is 1. The van der Waals surface area contributed by atoms with Gasteiger partial charge in [-0.2, -0.15) is 5.26 Å². The molecule has 0 atom stereocenters. The third-order valence-corrected chi connectivity index (χ3v) is 3.94. The lowest BCUT2D eigenvalue weighted by Gasteiger charge is -2.26. The predicted molar refractivity (Wildman–Crippen MR) is 83.0 cm³/mol. The minimum absolute atomic E-state index is 0.687. The summed E-state index contributed by atoms with van der Waals surface area (Å²) < 4.78 is 0. The van der Waals surface area contributed by atoms with E-state index < -0.39 is 0 Å². The van der Waals surface area contributed by atoms with Crippen molar-refractivity contribution >= 4 is 0 Å². The molecule has 0 amide bonds. The molecular formula is C19H19N. The molecule has 20 heavy (non-hydrogen) atoms. The van der Waals surface area contributed by atoms with Crippen LogP contribution in [0.3, 0.4) is 0 Å². The number of hydrogen-bond donors (Lipinski definition) is 0. The van der Waals surface area contributed by atoms with Crippen LogP contribution in [0.4, 0.5) is 0 Å². The van der Waals surface area contributed by atoms with E-state index in [9.17, 15) is 0 Å². The maximum atomic E-state index is 8.37. The molecule has 1 fully saturated rings. The van der Waals surface area contributed by atoms with Crippen LogP contribution in [0.15, 0.2) is 49.1 Å². The van der Waals surface area contributed by atoms with E-state index >= 15 is 0 Å². The minimum atomic E-state index is 0.687. The molecule has 0 spiro atoms. The fraction of sp³-hybridized carbons (Fsp3) is 0.316. The van der Waals surface area contributed by atoms with Crippen LogP contribution in [0.25, 0.3) is 0 Å². The molecule has 0 aliphatic heterocycles. The molecule has 1 aliphatic carbocycles. The molecule has 0 N–H and O–H groups in total. The van der Waals surface area contributed by atoms with Crippen molar-refractivity contribution in [2.45, 2.75) is 31.6 Å². The van der Waals surface area contributed by atoms with Gasteiger partial charge in [-0.15, -0.1) is 6.58 Å². The summed E-state index contributed by atoms with van der Waals surface area (Å²) in [6, 6.07) is 10.5. The van der Waals surface area contributed by atoms with E-state index in [1.165, 1.54) is 37.3 Å². The van der Waals surface area contributed by atoms with Gasteiger partial charge in [-0.3, -0.25) is 0 Å². The Balaban J connectivity index is 1.98. The first-order valence-corrected chi connectivity index (χ1v) is 7.12. The zero-order chi connectivity index (χ0) is 14.2. The maximum absolute atomic E-state index is 8.37. The first-order valence-electron chi connectivity index (χ1n) is 7.12. The van der Waals surface area contributed by atoms with Crippen LogP contribution in [0.1, 0.15) is 42.7 Å². The first-order chi connectivity index (χ1) is 9.83. The zero-order valence-corrected chi connectivity index (χ0v) is 11.7. The normalized spacial score (nSPS) is 21.8. The molecule has 1 aromatic carbocycles. The van der Waals surface area contributed by atoms with Crippen LogP contribution in [0.5, 0.6) is 0 Å². The molecule has 1 heteroatoms. The smallest absolute Gasteiger partial charge is 0.0918 e. The molecule has 1 saturated carbocycles. The van der Waals surface area contributed by atoms with Gasteiger partial charge < -0.3 is 0 Å². The molecule has 0 saturated heterocycles. The van der Waals surface area contributed by atoms with Crippen LogP contribution in [-0.4, -0.2) is 0 Å². The van der Waals surface area contributed by atoms with E-state index in [-0.39, 0.29) is 0 Å². The topological polar surface area (TPSA) is 23.8 Å². The molecule has 1 aromatic rings. The summed E-state index contributed by atoms with van der Waals surface area (Å²) in [5.41, 5.74) is 2.42. The summed E-state index contributed by atoms with van der Waals surface area (Å²) in [7, 11) is 0. The largest absolute Gasteiger partial charge is 0.193 e. The zero-order valence-electron chi connectivity index (χ0n) is 11.7. The van der Waals surface area contributed by atoms with Gasteiger partial charge in [0.1, 0.15) is 0 Å². The quantitative estimate of drug-likeness (QED) is 0.434. The van der Waals surface area contributed by atoms with Crippen molar-refractivity contribution in [2.24, 2.45) is 5.92 Å². The van der Waals surface area contributed by atoms with Gasteiger partial charge in [0.05, 0.1) is 6.07 Å². The second-order valence-corrected chi connectivity index (χ2v) is 5.20. The Morgan fingerprint density at radius 3 is 2.35 bits per heavy atom. The van der Waals surface area contributed by atoms with E-state index in [2.05, 4.69) is 48.8 Å². The van der Waals surface area contributed by atoms with Crippen molar-refractivity contribution in [3.05, 3.63) is 60.2 Å². The van der Waals surface area contributed by atoms with Crippen molar-refractivity contribution in [3.63, 3.8) is 0 Å². The Bertz CT molecular complexity index is 567. The third-order valence-electron chi connectivity index (χ3n) is 3.94.